The molecule has 0 unspecified atom stereocenters. The molecule has 6 nitrogen and oxygen atoms in total. The quantitative estimate of drug-likeness (QED) is 0.648. The van der Waals surface area contributed by atoms with Gasteiger partial charge in [-0.3, -0.25) is 10.1 Å². The molecule has 0 aliphatic rings. The number of urea groups is 1. The van der Waals surface area contributed by atoms with Crippen LogP contribution in [0.25, 0.3) is 0 Å². The average Bonchev–Trinajstić information content (AvgIpc) is 2.56. The third-order valence-electron chi connectivity index (χ3n) is 3.68. The summed E-state index contributed by atoms with van der Waals surface area (Å²) in [6.45, 7) is 2.35. The highest BCUT2D eigenvalue weighted by Crippen LogP contribution is 2.25. The lowest BCUT2D eigenvalue weighted by atomic mass is 10.1. The number of aryl methyl sites for hydroxylation is 1. The number of para-hydroxylation sites is 1. The lowest BCUT2D eigenvalue weighted by molar-refractivity contribution is -0.384. The molecule has 0 aliphatic carbocycles. The summed E-state index contributed by atoms with van der Waals surface area (Å²) < 4.78 is 0. The molecule has 2 aromatic carbocycles. The van der Waals surface area contributed by atoms with Gasteiger partial charge >= 0.3 is 6.03 Å². The Bertz CT molecular complexity index is 727. The fourth-order valence-corrected chi connectivity index (χ4v) is 2.44. The van der Waals surface area contributed by atoms with Crippen molar-refractivity contribution in [3.63, 3.8) is 0 Å². The van der Waals surface area contributed by atoms with Crippen molar-refractivity contribution in [1.82, 2.24) is 4.90 Å². The van der Waals surface area contributed by atoms with Crippen LogP contribution >= 0.6 is 11.6 Å². The first kappa shape index (κ1) is 17.7. The minimum absolute atomic E-state index is 0.0547. The van der Waals surface area contributed by atoms with Crippen molar-refractivity contribution in [2.75, 3.05) is 18.9 Å². The number of halogens is 1. The van der Waals surface area contributed by atoms with E-state index in [9.17, 15) is 14.9 Å². The third-order valence-corrected chi connectivity index (χ3v) is 4.00. The summed E-state index contributed by atoms with van der Waals surface area (Å²) in [5.74, 6) is 0. The first-order valence-corrected chi connectivity index (χ1v) is 7.77. The van der Waals surface area contributed by atoms with E-state index in [0.717, 1.165) is 11.1 Å². The smallest absolute Gasteiger partial charge is 0.321 e. The van der Waals surface area contributed by atoms with Crippen molar-refractivity contribution in [3.8, 4) is 0 Å². The second kappa shape index (κ2) is 7.79. The Hall–Kier alpha value is -2.60. The largest absolute Gasteiger partial charge is 0.327 e. The number of nitrogens with one attached hydrogen (secondary N) is 1. The van der Waals surface area contributed by atoms with Gasteiger partial charge in [0, 0.05) is 25.7 Å². The molecule has 0 fully saturated rings. The van der Waals surface area contributed by atoms with Crippen molar-refractivity contribution in [2.45, 2.75) is 13.3 Å². The molecule has 2 rings (SSSR count). The number of nitro benzene ring substituents is 1. The number of nitro groups is 1. The van der Waals surface area contributed by atoms with Crippen LogP contribution in [0.5, 0.6) is 0 Å². The normalized spacial score (nSPS) is 10.3. The Balaban J connectivity index is 1.93. The summed E-state index contributed by atoms with van der Waals surface area (Å²) in [5.41, 5.74) is 2.47. The summed E-state index contributed by atoms with van der Waals surface area (Å²) in [6.07, 6.45) is 0.601. The number of amides is 2. The SMILES string of the molecule is Cc1cccc(Cl)c1NC(=O)N(C)CCc1ccc([N+](=O)[O-])cc1. The minimum Gasteiger partial charge on any atom is -0.327 e. The Morgan fingerprint density at radius 3 is 2.50 bits per heavy atom. The van der Waals surface area contributed by atoms with E-state index in [-0.39, 0.29) is 11.7 Å². The molecule has 7 heteroatoms. The van der Waals surface area contributed by atoms with Crippen LogP contribution in [0.3, 0.4) is 0 Å². The molecule has 2 aromatic rings. The van der Waals surface area contributed by atoms with Gasteiger partial charge in [-0.15, -0.1) is 0 Å². The topological polar surface area (TPSA) is 75.5 Å². The van der Waals surface area contributed by atoms with Gasteiger partial charge in [0.15, 0.2) is 0 Å². The van der Waals surface area contributed by atoms with Crippen molar-refractivity contribution in [3.05, 3.63) is 68.7 Å². The Morgan fingerprint density at radius 2 is 1.92 bits per heavy atom. The van der Waals surface area contributed by atoms with Crippen LogP contribution in [0.15, 0.2) is 42.5 Å². The highest BCUT2D eigenvalue weighted by molar-refractivity contribution is 6.33. The number of likely N-dealkylation sites (N-methyl/N-ethyl adjacent to an activating group) is 1. The summed E-state index contributed by atoms with van der Waals surface area (Å²) >= 11 is 6.10. The highest BCUT2D eigenvalue weighted by Gasteiger charge is 2.12. The van der Waals surface area contributed by atoms with Crippen molar-refractivity contribution < 1.29 is 9.72 Å². The summed E-state index contributed by atoms with van der Waals surface area (Å²) in [4.78, 5) is 24.0. The van der Waals surface area contributed by atoms with E-state index >= 15 is 0 Å². The number of anilines is 1. The molecule has 0 radical (unpaired) electrons. The van der Waals surface area contributed by atoms with Crippen LogP contribution in [0, 0.1) is 17.0 Å². The molecule has 0 aliphatic heterocycles. The van der Waals surface area contributed by atoms with Crippen LogP contribution in [-0.4, -0.2) is 29.4 Å². The van der Waals surface area contributed by atoms with Gasteiger partial charge in [-0.1, -0.05) is 35.9 Å². The molecule has 1 N–H and O–H groups in total. The predicted octanol–water partition coefficient (Wildman–Crippen LogP) is 4.26. The molecule has 0 aromatic heterocycles. The minimum atomic E-state index is -0.435. The molecule has 126 valence electrons. The van der Waals surface area contributed by atoms with Crippen molar-refractivity contribution in [1.29, 1.82) is 0 Å². The summed E-state index contributed by atoms with van der Waals surface area (Å²) in [5, 5.41) is 13.9. The molecule has 0 saturated heterocycles. The number of hydrogen-bond acceptors (Lipinski definition) is 3. The number of carbonyl (C=O) groups is 1. The maximum absolute atomic E-state index is 12.2. The standard InChI is InChI=1S/C17H18ClN3O3/c1-12-4-3-5-15(18)16(12)19-17(22)20(2)11-10-13-6-8-14(9-7-13)21(23)24/h3-9H,10-11H2,1-2H3,(H,19,22). The zero-order valence-electron chi connectivity index (χ0n) is 13.5. The second-order valence-corrected chi connectivity index (χ2v) is 5.86. The van der Waals surface area contributed by atoms with Gasteiger partial charge in [-0.05, 0) is 30.5 Å². The van der Waals surface area contributed by atoms with E-state index in [2.05, 4.69) is 5.32 Å². The number of hydrogen-bond donors (Lipinski definition) is 1. The highest BCUT2D eigenvalue weighted by atomic mass is 35.5. The number of benzene rings is 2. The van der Waals surface area contributed by atoms with Gasteiger partial charge in [0.05, 0.1) is 15.6 Å². The lowest BCUT2D eigenvalue weighted by Crippen LogP contribution is -2.33. The molecule has 0 spiro atoms. The van der Waals surface area contributed by atoms with Gasteiger partial charge in [0.25, 0.3) is 5.69 Å². The molecule has 0 bridgehead atoms. The van der Waals surface area contributed by atoms with Crippen LogP contribution in [0.1, 0.15) is 11.1 Å². The van der Waals surface area contributed by atoms with Crippen LogP contribution in [-0.2, 0) is 6.42 Å². The Morgan fingerprint density at radius 1 is 1.25 bits per heavy atom. The Kier molecular flexibility index (Phi) is 5.76. The van der Waals surface area contributed by atoms with Crippen molar-refractivity contribution in [2.24, 2.45) is 0 Å². The zero-order chi connectivity index (χ0) is 17.7. The van der Waals surface area contributed by atoms with Crippen molar-refractivity contribution >= 4 is 29.0 Å². The van der Waals surface area contributed by atoms with Gasteiger partial charge in [-0.25, -0.2) is 4.79 Å². The monoisotopic (exact) mass is 347 g/mol. The molecular formula is C17H18ClN3O3. The maximum atomic E-state index is 12.2. The summed E-state index contributed by atoms with van der Waals surface area (Å²) in [6, 6.07) is 11.5. The maximum Gasteiger partial charge on any atom is 0.321 e. The van der Waals surface area contributed by atoms with Crippen LogP contribution < -0.4 is 5.32 Å². The third kappa shape index (κ3) is 4.45. The number of nitrogens with zero attached hydrogens (tertiary/aromatic N) is 2. The number of carbonyl (C=O) groups excluding carboxylic acids is 1. The second-order valence-electron chi connectivity index (χ2n) is 5.46. The first-order valence-electron chi connectivity index (χ1n) is 7.39. The zero-order valence-corrected chi connectivity index (χ0v) is 14.2. The molecule has 2 amide bonds. The number of non-ortho nitro benzene ring substituents is 1. The molecular weight excluding hydrogens is 330 g/mol. The van der Waals surface area contributed by atoms with E-state index in [1.54, 1.807) is 30.1 Å². The van der Waals surface area contributed by atoms with E-state index < -0.39 is 4.92 Å². The van der Waals surface area contributed by atoms with Gasteiger partial charge in [0.1, 0.15) is 0 Å². The van der Waals surface area contributed by atoms with E-state index in [0.29, 0.717) is 23.7 Å². The lowest BCUT2D eigenvalue weighted by Gasteiger charge is -2.19. The average molecular weight is 348 g/mol. The van der Waals surface area contributed by atoms with Gasteiger partial charge in [-0.2, -0.15) is 0 Å². The molecule has 0 heterocycles. The van der Waals surface area contributed by atoms with Crippen LogP contribution in [0.2, 0.25) is 5.02 Å². The van der Waals surface area contributed by atoms with E-state index in [1.807, 2.05) is 19.1 Å². The van der Waals surface area contributed by atoms with Crippen LogP contribution in [0.4, 0.5) is 16.2 Å². The fraction of sp³-hybridized carbons (Fsp3) is 0.235. The van der Waals surface area contributed by atoms with Gasteiger partial charge < -0.3 is 10.2 Å². The Labute approximate surface area is 145 Å². The summed E-state index contributed by atoms with van der Waals surface area (Å²) in [7, 11) is 1.69. The van der Waals surface area contributed by atoms with E-state index in [1.165, 1.54) is 12.1 Å². The first-order chi connectivity index (χ1) is 11.4. The number of rotatable bonds is 5. The van der Waals surface area contributed by atoms with Gasteiger partial charge in [0.2, 0.25) is 0 Å². The molecule has 0 saturated carbocycles. The molecule has 24 heavy (non-hydrogen) atoms. The molecule has 0 atom stereocenters. The van der Waals surface area contributed by atoms with E-state index in [4.69, 9.17) is 11.6 Å². The fourth-order valence-electron chi connectivity index (χ4n) is 2.18. The predicted molar refractivity (Wildman–Crippen MR) is 94.6 cm³/mol.